The van der Waals surface area contributed by atoms with Crippen LogP contribution in [0.1, 0.15) is 26.3 Å². The van der Waals surface area contributed by atoms with E-state index in [4.69, 9.17) is 0 Å². The molecule has 0 amide bonds. The third-order valence-corrected chi connectivity index (χ3v) is 2.94. The van der Waals surface area contributed by atoms with Gasteiger partial charge >= 0.3 is 0 Å². The summed E-state index contributed by atoms with van der Waals surface area (Å²) in [5, 5.41) is 0. The lowest BCUT2D eigenvalue weighted by Crippen LogP contribution is -2.13. The number of nitrogens with zero attached hydrogens (tertiary/aromatic N) is 1. The van der Waals surface area contributed by atoms with E-state index < -0.39 is 0 Å². The summed E-state index contributed by atoms with van der Waals surface area (Å²) in [5.74, 6) is -0.128. The summed E-state index contributed by atoms with van der Waals surface area (Å²) in [4.78, 5) is 0. The van der Waals surface area contributed by atoms with Crippen LogP contribution in [-0.4, -0.2) is 4.57 Å². The highest BCUT2D eigenvalue weighted by atomic mass is 19.1. The first-order valence-corrected chi connectivity index (χ1v) is 5.80. The molecule has 2 rings (SSSR count). The van der Waals surface area contributed by atoms with Gasteiger partial charge in [-0.05, 0) is 40.3 Å². The molecule has 0 unspecified atom stereocenters. The van der Waals surface area contributed by atoms with Crippen LogP contribution >= 0.6 is 0 Å². The number of rotatable bonds is 1. The largest absolute Gasteiger partial charge is 0.357 e. The van der Waals surface area contributed by atoms with Gasteiger partial charge in [-0.3, -0.25) is 0 Å². The summed E-state index contributed by atoms with van der Waals surface area (Å²) in [6.45, 7) is 6.08. The Kier molecular flexibility index (Phi) is 2.82. The van der Waals surface area contributed by atoms with Crippen molar-refractivity contribution in [3.63, 3.8) is 0 Å². The fourth-order valence-corrected chi connectivity index (χ4v) is 1.95. The fraction of sp³-hybridized carbons (Fsp3) is 0.333. The highest BCUT2D eigenvalue weighted by Gasteiger charge is 2.19. The topological polar surface area (TPSA) is 4.93 Å². The van der Waals surface area contributed by atoms with Crippen LogP contribution in [0.2, 0.25) is 0 Å². The molecule has 0 aliphatic rings. The predicted octanol–water partition coefficient (Wildman–Crippen LogP) is 4.13. The van der Waals surface area contributed by atoms with Crippen LogP contribution in [0.25, 0.3) is 11.1 Å². The molecule has 1 nitrogen and oxygen atoms in total. The molecule has 0 saturated heterocycles. The van der Waals surface area contributed by atoms with E-state index in [9.17, 15) is 4.39 Å². The molecule has 0 aliphatic carbocycles. The number of hydrogen-bond acceptors (Lipinski definition) is 0. The Balaban J connectivity index is 2.51. The second-order valence-corrected chi connectivity index (χ2v) is 5.51. The van der Waals surface area contributed by atoms with Crippen LogP contribution in [0.4, 0.5) is 4.39 Å². The van der Waals surface area contributed by atoms with Gasteiger partial charge in [-0.2, -0.15) is 0 Å². The van der Waals surface area contributed by atoms with Crippen molar-refractivity contribution in [2.45, 2.75) is 26.2 Å². The average Bonchev–Trinajstić information content (AvgIpc) is 2.64. The SMILES string of the molecule is Cn1ccc(-c2ccc(F)c(C(C)(C)C)c2)c1. The highest BCUT2D eigenvalue weighted by Crippen LogP contribution is 2.29. The first-order chi connectivity index (χ1) is 7.88. The van der Waals surface area contributed by atoms with Crippen molar-refractivity contribution in [1.29, 1.82) is 0 Å². The molecule has 17 heavy (non-hydrogen) atoms. The number of aryl methyl sites for hydroxylation is 1. The summed E-state index contributed by atoms with van der Waals surface area (Å²) in [6, 6.07) is 7.38. The Morgan fingerprint density at radius 1 is 1.06 bits per heavy atom. The molecule has 90 valence electrons. The summed E-state index contributed by atoms with van der Waals surface area (Å²) < 4.78 is 15.8. The van der Waals surface area contributed by atoms with Gasteiger partial charge in [0.1, 0.15) is 5.82 Å². The zero-order chi connectivity index (χ0) is 12.6. The molecule has 2 aromatic rings. The van der Waals surface area contributed by atoms with Gasteiger partial charge in [-0.1, -0.05) is 26.8 Å². The van der Waals surface area contributed by atoms with E-state index in [2.05, 4.69) is 0 Å². The summed E-state index contributed by atoms with van der Waals surface area (Å²) in [6.07, 6.45) is 4.04. The molecule has 1 heterocycles. The maximum Gasteiger partial charge on any atom is 0.126 e. The number of benzene rings is 1. The Morgan fingerprint density at radius 2 is 1.76 bits per heavy atom. The lowest BCUT2D eigenvalue weighted by atomic mass is 9.85. The summed E-state index contributed by atoms with van der Waals surface area (Å²) in [5.41, 5.74) is 2.78. The van der Waals surface area contributed by atoms with Crippen molar-refractivity contribution in [1.82, 2.24) is 4.57 Å². The quantitative estimate of drug-likeness (QED) is 0.695. The molecule has 0 bridgehead atoms. The Labute approximate surface area is 102 Å². The van der Waals surface area contributed by atoms with Gasteiger partial charge in [-0.25, -0.2) is 4.39 Å². The molecule has 0 N–H and O–H groups in total. The van der Waals surface area contributed by atoms with Gasteiger partial charge in [0.2, 0.25) is 0 Å². The normalized spacial score (nSPS) is 11.8. The average molecular weight is 231 g/mol. The van der Waals surface area contributed by atoms with E-state index in [1.54, 1.807) is 6.07 Å². The molecular formula is C15H18FN. The highest BCUT2D eigenvalue weighted by molar-refractivity contribution is 5.64. The molecule has 0 radical (unpaired) electrons. The second-order valence-electron chi connectivity index (χ2n) is 5.51. The van der Waals surface area contributed by atoms with E-state index in [1.165, 1.54) is 0 Å². The van der Waals surface area contributed by atoms with Crippen molar-refractivity contribution in [3.8, 4) is 11.1 Å². The number of halogens is 1. The van der Waals surface area contributed by atoms with Crippen LogP contribution < -0.4 is 0 Å². The van der Waals surface area contributed by atoms with Crippen LogP contribution in [0, 0.1) is 5.82 Å². The zero-order valence-electron chi connectivity index (χ0n) is 10.8. The molecular weight excluding hydrogens is 213 g/mol. The summed E-state index contributed by atoms with van der Waals surface area (Å²) >= 11 is 0. The Morgan fingerprint density at radius 3 is 2.29 bits per heavy atom. The Hall–Kier alpha value is -1.57. The fourth-order valence-electron chi connectivity index (χ4n) is 1.95. The van der Waals surface area contributed by atoms with E-state index in [1.807, 2.05) is 63.0 Å². The minimum atomic E-state index is -0.172. The van der Waals surface area contributed by atoms with E-state index in [0.29, 0.717) is 0 Å². The monoisotopic (exact) mass is 231 g/mol. The second kappa shape index (κ2) is 4.02. The smallest absolute Gasteiger partial charge is 0.126 e. The van der Waals surface area contributed by atoms with Crippen LogP contribution in [0.3, 0.4) is 0 Å². The maximum atomic E-state index is 13.8. The lowest BCUT2D eigenvalue weighted by Gasteiger charge is -2.20. The molecule has 1 aromatic carbocycles. The predicted molar refractivity (Wildman–Crippen MR) is 69.5 cm³/mol. The molecule has 0 aliphatic heterocycles. The minimum absolute atomic E-state index is 0.128. The number of hydrogen-bond donors (Lipinski definition) is 0. The Bertz CT molecular complexity index is 532. The van der Waals surface area contributed by atoms with E-state index >= 15 is 0 Å². The standard InChI is InChI=1S/C15H18FN/c1-15(2,3)13-9-11(5-6-14(13)16)12-7-8-17(4)10-12/h5-10H,1-4H3. The van der Waals surface area contributed by atoms with Gasteiger partial charge in [0.25, 0.3) is 0 Å². The van der Waals surface area contributed by atoms with Crippen molar-refractivity contribution in [2.24, 2.45) is 7.05 Å². The molecule has 0 fully saturated rings. The van der Waals surface area contributed by atoms with Gasteiger partial charge in [0.05, 0.1) is 0 Å². The first kappa shape index (κ1) is 11.9. The zero-order valence-corrected chi connectivity index (χ0v) is 10.8. The van der Waals surface area contributed by atoms with Crippen molar-refractivity contribution >= 4 is 0 Å². The van der Waals surface area contributed by atoms with Crippen molar-refractivity contribution < 1.29 is 4.39 Å². The lowest BCUT2D eigenvalue weighted by molar-refractivity contribution is 0.523. The minimum Gasteiger partial charge on any atom is -0.357 e. The van der Waals surface area contributed by atoms with Gasteiger partial charge in [-0.15, -0.1) is 0 Å². The van der Waals surface area contributed by atoms with Crippen molar-refractivity contribution in [3.05, 3.63) is 48.0 Å². The molecule has 0 saturated carbocycles. The van der Waals surface area contributed by atoms with E-state index in [0.717, 1.165) is 16.7 Å². The number of aromatic nitrogens is 1. The van der Waals surface area contributed by atoms with Gasteiger partial charge in [0, 0.05) is 19.4 Å². The first-order valence-electron chi connectivity index (χ1n) is 5.80. The molecule has 0 spiro atoms. The van der Waals surface area contributed by atoms with Gasteiger partial charge in [0.15, 0.2) is 0 Å². The van der Waals surface area contributed by atoms with Crippen LogP contribution in [0.5, 0.6) is 0 Å². The summed E-state index contributed by atoms with van der Waals surface area (Å²) in [7, 11) is 1.98. The van der Waals surface area contributed by atoms with Crippen LogP contribution in [0.15, 0.2) is 36.7 Å². The molecule has 1 aromatic heterocycles. The van der Waals surface area contributed by atoms with E-state index in [-0.39, 0.29) is 11.2 Å². The third-order valence-electron chi connectivity index (χ3n) is 2.94. The molecule has 2 heteroatoms. The van der Waals surface area contributed by atoms with Crippen molar-refractivity contribution in [2.75, 3.05) is 0 Å². The van der Waals surface area contributed by atoms with Crippen LogP contribution in [-0.2, 0) is 12.5 Å². The van der Waals surface area contributed by atoms with Gasteiger partial charge < -0.3 is 4.57 Å². The molecule has 0 atom stereocenters. The maximum absolute atomic E-state index is 13.8. The third kappa shape index (κ3) is 2.41.